The van der Waals surface area contributed by atoms with Crippen molar-refractivity contribution < 1.29 is 0 Å². The summed E-state index contributed by atoms with van der Waals surface area (Å²) in [5.74, 6) is 0. The molecule has 7 heterocycles. The maximum absolute atomic E-state index is 14.9. The fraction of sp³-hybridized carbons (Fsp3) is 0.421. The molecule has 0 aliphatic carbocycles. The Labute approximate surface area is 302 Å². The highest BCUT2D eigenvalue weighted by Crippen LogP contribution is 2.48. The summed E-state index contributed by atoms with van der Waals surface area (Å²) >= 11 is 12.3. The fourth-order valence-electron chi connectivity index (χ4n) is 8.00. The van der Waals surface area contributed by atoms with E-state index >= 15 is 0 Å². The van der Waals surface area contributed by atoms with Crippen molar-refractivity contribution in [2.75, 3.05) is 0 Å². The van der Waals surface area contributed by atoms with Crippen LogP contribution in [-0.4, -0.2) is 8.80 Å². The molecule has 0 radical (unpaired) electrons. The molecule has 244 valence electrons. The number of pyridine rings is 2. The molecule has 8 rings (SSSR count). The molecule has 0 unspecified atom stereocenters. The lowest BCUT2D eigenvalue weighted by Gasteiger charge is -2.18. The molecule has 7 aromatic heterocycles. The van der Waals surface area contributed by atoms with Gasteiger partial charge in [-0.1, -0.05) is 78.1 Å². The number of fused-ring (bicyclic) bond motifs is 8. The number of rotatable bonds is 14. The molecule has 0 spiro atoms. The Hall–Kier alpha value is -2.04. The molecule has 9 heteroatoms. The number of hydrogen-bond donors (Lipinski definition) is 0. The van der Waals surface area contributed by atoms with E-state index in [0.29, 0.717) is 0 Å². The topological polar surface area (TPSA) is 43.0 Å². The van der Waals surface area contributed by atoms with Crippen molar-refractivity contribution in [2.45, 2.75) is 104 Å². The smallest absolute Gasteiger partial charge is 0.273 e. The third kappa shape index (κ3) is 5.20. The van der Waals surface area contributed by atoms with E-state index in [0.717, 1.165) is 90.3 Å². The summed E-state index contributed by atoms with van der Waals surface area (Å²) in [6, 6.07) is 8.57. The summed E-state index contributed by atoms with van der Waals surface area (Å²) in [5, 5.41) is 4.13. The zero-order valence-corrected chi connectivity index (χ0v) is 32.5. The summed E-state index contributed by atoms with van der Waals surface area (Å²) in [7, 11) is 0. The van der Waals surface area contributed by atoms with Crippen molar-refractivity contribution in [3.05, 3.63) is 63.7 Å². The van der Waals surface area contributed by atoms with Crippen molar-refractivity contribution in [1.82, 2.24) is 8.80 Å². The first kappa shape index (κ1) is 32.2. The van der Waals surface area contributed by atoms with E-state index in [4.69, 9.17) is 0 Å². The Kier molecular flexibility index (Phi) is 8.91. The van der Waals surface area contributed by atoms with Crippen molar-refractivity contribution >= 4 is 128 Å². The molecule has 1 aromatic carbocycles. The highest BCUT2D eigenvalue weighted by Gasteiger charge is 2.29. The van der Waals surface area contributed by atoms with Crippen molar-refractivity contribution in [2.24, 2.45) is 0 Å². The van der Waals surface area contributed by atoms with Crippen molar-refractivity contribution in [1.29, 1.82) is 0 Å². The molecule has 0 bridgehead atoms. The van der Waals surface area contributed by atoms with Crippen LogP contribution < -0.4 is 11.1 Å². The van der Waals surface area contributed by atoms with Gasteiger partial charge in [0.1, 0.15) is 4.70 Å². The summed E-state index contributed by atoms with van der Waals surface area (Å²) in [6.07, 6.45) is 16.4. The van der Waals surface area contributed by atoms with Gasteiger partial charge in [-0.15, -0.1) is 34.0 Å². The van der Waals surface area contributed by atoms with Gasteiger partial charge >= 0.3 is 0 Å². The highest BCUT2D eigenvalue weighted by molar-refractivity contribution is 9.11. The van der Waals surface area contributed by atoms with E-state index in [-0.39, 0.29) is 11.1 Å². The second-order valence-electron chi connectivity index (χ2n) is 13.2. The summed E-state index contributed by atoms with van der Waals surface area (Å²) in [5.41, 5.74) is 6.53. The van der Waals surface area contributed by atoms with Crippen LogP contribution in [0.2, 0.25) is 0 Å². The second kappa shape index (κ2) is 13.0. The van der Waals surface area contributed by atoms with Crippen LogP contribution in [0.25, 0.3) is 62.4 Å². The molecule has 47 heavy (non-hydrogen) atoms. The van der Waals surface area contributed by atoms with Crippen molar-refractivity contribution in [3.8, 4) is 0 Å². The molecule has 0 N–H and O–H groups in total. The van der Waals surface area contributed by atoms with Crippen molar-refractivity contribution in [3.63, 3.8) is 0 Å². The minimum atomic E-state index is 0.0335. The van der Waals surface area contributed by atoms with Gasteiger partial charge in [0.2, 0.25) is 0 Å². The number of aryl methyl sites for hydroxylation is 2. The van der Waals surface area contributed by atoms with Crippen LogP contribution in [0, 0.1) is 0 Å². The average molecular weight is 811 g/mol. The Morgan fingerprint density at radius 2 is 1.00 bits per heavy atom. The van der Waals surface area contributed by atoms with Crippen LogP contribution in [0.1, 0.15) is 102 Å². The van der Waals surface area contributed by atoms with Gasteiger partial charge in [0.25, 0.3) is 11.1 Å². The van der Waals surface area contributed by atoms with E-state index < -0.39 is 0 Å². The van der Waals surface area contributed by atoms with Gasteiger partial charge < -0.3 is 0 Å². The number of halogens is 2. The normalized spacial score (nSPS) is 12.8. The van der Waals surface area contributed by atoms with Gasteiger partial charge in [-0.25, -0.2) is 0 Å². The Bertz CT molecular complexity index is 2530. The first-order valence-electron chi connectivity index (χ1n) is 17.3. The predicted octanol–water partition coefficient (Wildman–Crippen LogP) is 13.1. The third-order valence-corrected chi connectivity index (χ3v) is 14.5. The molecule has 0 fully saturated rings. The fourth-order valence-corrected chi connectivity index (χ4v) is 12.3. The highest BCUT2D eigenvalue weighted by atomic mass is 79.9. The second-order valence-corrected chi connectivity index (χ2v) is 19.1. The maximum Gasteiger partial charge on any atom is 0.273 e. The van der Waals surface area contributed by atoms with Crippen LogP contribution in [0.4, 0.5) is 0 Å². The lowest BCUT2D eigenvalue weighted by molar-refractivity contribution is 0.600. The minimum Gasteiger partial charge on any atom is -0.274 e. The van der Waals surface area contributed by atoms with E-state index in [9.17, 15) is 9.59 Å². The minimum absolute atomic E-state index is 0.0335. The molecule has 0 atom stereocenters. The van der Waals surface area contributed by atoms with Gasteiger partial charge in [-0.3, -0.25) is 18.4 Å². The molecule has 0 aliphatic rings. The Morgan fingerprint density at radius 1 is 0.511 bits per heavy atom. The molecule has 0 aliphatic heterocycles. The monoisotopic (exact) mass is 808 g/mol. The molecule has 8 aromatic rings. The van der Waals surface area contributed by atoms with Gasteiger partial charge in [0.05, 0.1) is 49.1 Å². The quantitative estimate of drug-likeness (QED) is 0.0811. The molecule has 0 amide bonds. The van der Waals surface area contributed by atoms with Crippen LogP contribution in [0.3, 0.4) is 0 Å². The largest absolute Gasteiger partial charge is 0.274 e. The van der Waals surface area contributed by atoms with Gasteiger partial charge in [0.15, 0.2) is 0 Å². The van der Waals surface area contributed by atoms with Crippen LogP contribution in [0.5, 0.6) is 0 Å². The van der Waals surface area contributed by atoms with Crippen LogP contribution >= 0.6 is 65.9 Å². The van der Waals surface area contributed by atoms with E-state index in [1.807, 2.05) is 8.80 Å². The van der Waals surface area contributed by atoms with Crippen LogP contribution in [0.15, 0.2) is 41.4 Å². The SMILES string of the molecule is CCCCCCCCc1c(CCCCCCCC)c2c3c(sc4c3c1c(=O)n1c3cc(Br)sc3cc41)c(=O)n1c3cc(Br)sc3cc21. The number of benzene rings is 1. The summed E-state index contributed by atoms with van der Waals surface area (Å²) < 4.78 is 10.1. The third-order valence-electron chi connectivity index (χ3n) is 10.2. The first-order chi connectivity index (χ1) is 22.9. The average Bonchev–Trinajstić information content (AvgIpc) is 3.84. The molecule has 0 saturated heterocycles. The molecular formula is C38H38Br2N2O2S3. The number of thiophene rings is 3. The number of hydrogen-bond acceptors (Lipinski definition) is 5. The Balaban J connectivity index is 1.45. The standard InChI is InChI=1S/C38H38Br2N2O2S3/c1-3-5-7-9-11-13-15-21-22(16-14-12-10-8-6-4-2)32-34-33-31(21)25-17-27-23(19-29(39)45-27)41(25)38(44)36(33)47-35(34)26-18-28-24(20-30(40)46-28)42(26)37(32)43/h17-20H,3-16H2,1-2H3. The zero-order valence-electron chi connectivity index (χ0n) is 26.9. The summed E-state index contributed by atoms with van der Waals surface area (Å²) in [6.45, 7) is 4.53. The summed E-state index contributed by atoms with van der Waals surface area (Å²) in [4.78, 5) is 29.4. The van der Waals surface area contributed by atoms with E-state index in [1.54, 1.807) is 34.0 Å². The van der Waals surface area contributed by atoms with E-state index in [1.165, 1.54) is 80.7 Å². The first-order valence-corrected chi connectivity index (χ1v) is 21.3. The van der Waals surface area contributed by atoms with E-state index in [2.05, 4.69) is 70.0 Å². The molecule has 4 nitrogen and oxygen atoms in total. The van der Waals surface area contributed by atoms with Gasteiger partial charge in [0, 0.05) is 16.2 Å². The van der Waals surface area contributed by atoms with Crippen LogP contribution in [-0.2, 0) is 12.8 Å². The lowest BCUT2D eigenvalue weighted by atomic mass is 9.87. The Morgan fingerprint density at radius 3 is 1.60 bits per heavy atom. The molecular weight excluding hydrogens is 772 g/mol. The predicted molar refractivity (Wildman–Crippen MR) is 214 cm³/mol. The molecule has 0 saturated carbocycles. The lowest BCUT2D eigenvalue weighted by Crippen LogP contribution is -2.17. The number of nitrogens with zero attached hydrogens (tertiary/aromatic N) is 2. The zero-order chi connectivity index (χ0) is 32.4. The maximum atomic E-state index is 14.9. The number of unbranched alkanes of at least 4 members (excludes halogenated alkanes) is 10. The number of aromatic nitrogens is 2. The van der Waals surface area contributed by atoms with Gasteiger partial charge in [-0.2, -0.15) is 0 Å². The van der Waals surface area contributed by atoms with Gasteiger partial charge in [-0.05, 0) is 92.9 Å².